The number of hydrogen-bond donors (Lipinski definition) is 0. The van der Waals surface area contributed by atoms with E-state index in [0.29, 0.717) is 18.0 Å². The van der Waals surface area contributed by atoms with Crippen LogP contribution in [0.3, 0.4) is 0 Å². The normalized spacial score (nSPS) is 22.1. The summed E-state index contributed by atoms with van der Waals surface area (Å²) in [4.78, 5) is 7.30. The lowest BCUT2D eigenvalue weighted by Gasteiger charge is -2.39. The lowest BCUT2D eigenvalue weighted by atomic mass is 9.97. The van der Waals surface area contributed by atoms with Crippen LogP contribution < -0.4 is 0 Å². The fourth-order valence-corrected chi connectivity index (χ4v) is 3.77. The number of oxazole rings is 1. The molecule has 4 rings (SSSR count). The summed E-state index contributed by atoms with van der Waals surface area (Å²) < 4.78 is 5.92. The first-order valence-corrected chi connectivity index (χ1v) is 8.91. The summed E-state index contributed by atoms with van der Waals surface area (Å²) in [6.07, 6.45) is 3.95. The highest BCUT2D eigenvalue weighted by Crippen LogP contribution is 2.28. The zero-order valence-corrected chi connectivity index (χ0v) is 14.4. The van der Waals surface area contributed by atoms with Crippen LogP contribution in [0, 0.1) is 0 Å². The standard InChI is InChI=1S/C21H24N2O/c1-15-7-6-8-16(2)23(15)14-17-11-12-20-19(13-17)22-21(24-20)18-9-4-3-5-10-18/h3-5,9-13,15-16H,6-8,14H2,1-2H3/t15-,16-/m0/s1. The molecule has 0 radical (unpaired) electrons. The molecule has 0 amide bonds. The lowest BCUT2D eigenvalue weighted by Crippen LogP contribution is -2.42. The van der Waals surface area contributed by atoms with E-state index < -0.39 is 0 Å². The maximum Gasteiger partial charge on any atom is 0.227 e. The fourth-order valence-electron chi connectivity index (χ4n) is 3.77. The Morgan fingerprint density at radius 3 is 2.54 bits per heavy atom. The van der Waals surface area contributed by atoms with Crippen LogP contribution in [-0.4, -0.2) is 22.0 Å². The third-order valence-corrected chi connectivity index (χ3v) is 5.21. The molecule has 0 N–H and O–H groups in total. The number of aromatic nitrogens is 1. The van der Waals surface area contributed by atoms with Gasteiger partial charge in [0.25, 0.3) is 0 Å². The van der Waals surface area contributed by atoms with Crippen molar-refractivity contribution in [1.82, 2.24) is 9.88 Å². The maximum atomic E-state index is 5.92. The molecule has 0 aliphatic carbocycles. The van der Waals surface area contributed by atoms with Crippen molar-refractivity contribution in [2.24, 2.45) is 0 Å². The van der Waals surface area contributed by atoms with Crippen LogP contribution in [0.2, 0.25) is 0 Å². The minimum atomic E-state index is 0.654. The van der Waals surface area contributed by atoms with Gasteiger partial charge in [-0.2, -0.15) is 0 Å². The summed E-state index contributed by atoms with van der Waals surface area (Å²) >= 11 is 0. The van der Waals surface area contributed by atoms with Crippen molar-refractivity contribution in [3.8, 4) is 11.5 Å². The van der Waals surface area contributed by atoms with Crippen LogP contribution >= 0.6 is 0 Å². The monoisotopic (exact) mass is 320 g/mol. The Bertz CT molecular complexity index is 814. The first-order chi connectivity index (χ1) is 11.7. The van der Waals surface area contributed by atoms with Gasteiger partial charge in [-0.1, -0.05) is 30.7 Å². The molecular weight excluding hydrogens is 296 g/mol. The Labute approximate surface area is 143 Å². The van der Waals surface area contributed by atoms with Gasteiger partial charge in [0.15, 0.2) is 5.58 Å². The van der Waals surface area contributed by atoms with Gasteiger partial charge in [-0.3, -0.25) is 4.90 Å². The molecule has 2 aromatic carbocycles. The summed E-state index contributed by atoms with van der Waals surface area (Å²) in [7, 11) is 0. The Hall–Kier alpha value is -2.13. The molecule has 3 aromatic rings. The average Bonchev–Trinajstić information content (AvgIpc) is 3.02. The minimum absolute atomic E-state index is 0.654. The van der Waals surface area contributed by atoms with Gasteiger partial charge in [-0.25, -0.2) is 4.98 Å². The second kappa shape index (κ2) is 6.40. The molecule has 1 fully saturated rings. The lowest BCUT2D eigenvalue weighted by molar-refractivity contribution is 0.0953. The molecule has 1 saturated heterocycles. The molecule has 3 nitrogen and oxygen atoms in total. The van der Waals surface area contributed by atoms with Crippen LogP contribution in [-0.2, 0) is 6.54 Å². The van der Waals surface area contributed by atoms with E-state index >= 15 is 0 Å². The highest BCUT2D eigenvalue weighted by molar-refractivity contribution is 5.76. The highest BCUT2D eigenvalue weighted by atomic mass is 16.3. The van der Waals surface area contributed by atoms with Crippen LogP contribution in [0.15, 0.2) is 52.9 Å². The van der Waals surface area contributed by atoms with Gasteiger partial charge in [0, 0.05) is 24.2 Å². The molecule has 24 heavy (non-hydrogen) atoms. The second-order valence-corrected chi connectivity index (χ2v) is 6.99. The SMILES string of the molecule is C[C@H]1CCC[C@H](C)N1Cc1ccc2oc(-c3ccccc3)nc2c1. The molecular formula is C21H24N2O. The summed E-state index contributed by atoms with van der Waals surface area (Å²) in [5, 5.41) is 0. The van der Waals surface area contributed by atoms with Gasteiger partial charge in [0.1, 0.15) is 5.52 Å². The predicted molar refractivity (Wildman–Crippen MR) is 97.8 cm³/mol. The second-order valence-electron chi connectivity index (χ2n) is 6.99. The summed E-state index contributed by atoms with van der Waals surface area (Å²) in [5.74, 6) is 0.697. The molecule has 0 unspecified atom stereocenters. The largest absolute Gasteiger partial charge is 0.436 e. The van der Waals surface area contributed by atoms with Crippen molar-refractivity contribution >= 4 is 11.1 Å². The Morgan fingerprint density at radius 1 is 1.04 bits per heavy atom. The van der Waals surface area contributed by atoms with E-state index in [1.165, 1.54) is 24.8 Å². The smallest absolute Gasteiger partial charge is 0.227 e. The fraction of sp³-hybridized carbons (Fsp3) is 0.381. The number of rotatable bonds is 3. The summed E-state index contributed by atoms with van der Waals surface area (Å²) in [6, 6.07) is 17.8. The van der Waals surface area contributed by atoms with Crippen molar-refractivity contribution in [3.63, 3.8) is 0 Å². The molecule has 124 valence electrons. The van der Waals surface area contributed by atoms with Crippen LogP contribution in [0.1, 0.15) is 38.7 Å². The molecule has 2 atom stereocenters. The molecule has 1 aliphatic heterocycles. The number of nitrogens with zero attached hydrogens (tertiary/aromatic N) is 2. The summed E-state index contributed by atoms with van der Waals surface area (Å²) in [5.41, 5.74) is 4.14. The highest BCUT2D eigenvalue weighted by Gasteiger charge is 2.24. The molecule has 1 aromatic heterocycles. The zero-order valence-electron chi connectivity index (χ0n) is 14.4. The minimum Gasteiger partial charge on any atom is -0.436 e. The van der Waals surface area contributed by atoms with E-state index in [-0.39, 0.29) is 0 Å². The third-order valence-electron chi connectivity index (χ3n) is 5.21. The van der Waals surface area contributed by atoms with E-state index in [9.17, 15) is 0 Å². The molecule has 2 heterocycles. The Morgan fingerprint density at radius 2 is 1.79 bits per heavy atom. The van der Waals surface area contributed by atoms with Gasteiger partial charge in [0.05, 0.1) is 0 Å². The van der Waals surface area contributed by atoms with Crippen LogP contribution in [0.4, 0.5) is 0 Å². The molecule has 0 saturated carbocycles. The maximum absolute atomic E-state index is 5.92. The molecule has 0 spiro atoms. The zero-order chi connectivity index (χ0) is 16.5. The quantitative estimate of drug-likeness (QED) is 0.659. The first kappa shape index (κ1) is 15.4. The first-order valence-electron chi connectivity index (χ1n) is 8.91. The number of benzene rings is 2. The number of piperidine rings is 1. The van der Waals surface area contributed by atoms with E-state index in [2.05, 4.69) is 41.9 Å². The summed E-state index contributed by atoms with van der Waals surface area (Å²) in [6.45, 7) is 5.68. The Balaban J connectivity index is 1.61. The van der Waals surface area contributed by atoms with Crippen molar-refractivity contribution in [3.05, 3.63) is 54.1 Å². The van der Waals surface area contributed by atoms with Gasteiger partial charge in [-0.15, -0.1) is 0 Å². The van der Waals surface area contributed by atoms with Crippen molar-refractivity contribution in [2.45, 2.75) is 51.7 Å². The van der Waals surface area contributed by atoms with Crippen molar-refractivity contribution in [2.75, 3.05) is 0 Å². The topological polar surface area (TPSA) is 29.3 Å². The number of hydrogen-bond acceptors (Lipinski definition) is 3. The van der Waals surface area contributed by atoms with Gasteiger partial charge < -0.3 is 4.42 Å². The number of likely N-dealkylation sites (tertiary alicyclic amines) is 1. The molecule has 1 aliphatic rings. The van der Waals surface area contributed by atoms with Gasteiger partial charge in [-0.05, 0) is 56.5 Å². The van der Waals surface area contributed by atoms with Crippen molar-refractivity contribution in [1.29, 1.82) is 0 Å². The van der Waals surface area contributed by atoms with E-state index in [1.807, 2.05) is 30.3 Å². The predicted octanol–water partition coefficient (Wildman–Crippen LogP) is 5.26. The van der Waals surface area contributed by atoms with Crippen LogP contribution in [0.5, 0.6) is 0 Å². The van der Waals surface area contributed by atoms with E-state index in [1.54, 1.807) is 0 Å². The average molecular weight is 320 g/mol. The third kappa shape index (κ3) is 2.96. The molecule has 0 bridgehead atoms. The molecule has 3 heteroatoms. The number of fused-ring (bicyclic) bond motifs is 1. The van der Waals surface area contributed by atoms with Gasteiger partial charge >= 0.3 is 0 Å². The van der Waals surface area contributed by atoms with Gasteiger partial charge in [0.2, 0.25) is 5.89 Å². The van der Waals surface area contributed by atoms with E-state index in [4.69, 9.17) is 4.42 Å². The Kier molecular flexibility index (Phi) is 4.11. The van der Waals surface area contributed by atoms with Crippen molar-refractivity contribution < 1.29 is 4.42 Å². The van der Waals surface area contributed by atoms with Crippen LogP contribution in [0.25, 0.3) is 22.6 Å². The van der Waals surface area contributed by atoms with E-state index in [0.717, 1.165) is 23.2 Å².